The lowest BCUT2D eigenvalue weighted by atomic mass is 10.1. The first-order valence-electron chi connectivity index (χ1n) is 7.59. The Morgan fingerprint density at radius 3 is 2.48 bits per heavy atom. The van der Waals surface area contributed by atoms with Crippen molar-refractivity contribution in [1.82, 2.24) is 4.90 Å². The number of nitrogens with zero attached hydrogens (tertiary/aromatic N) is 1. The van der Waals surface area contributed by atoms with Gasteiger partial charge in [0.1, 0.15) is 0 Å². The summed E-state index contributed by atoms with van der Waals surface area (Å²) in [7, 11) is 0. The van der Waals surface area contributed by atoms with Gasteiger partial charge in [0, 0.05) is 35.1 Å². The Kier molecular flexibility index (Phi) is 5.82. The lowest BCUT2D eigenvalue weighted by Crippen LogP contribution is -2.47. The van der Waals surface area contributed by atoms with Crippen LogP contribution >= 0.6 is 35.3 Å². The van der Waals surface area contributed by atoms with Crippen molar-refractivity contribution in [1.29, 1.82) is 0 Å². The van der Waals surface area contributed by atoms with Gasteiger partial charge < -0.3 is 10.0 Å². The number of carbonyl (C=O) groups excluding carboxylic acids is 1. The van der Waals surface area contributed by atoms with E-state index in [9.17, 15) is 9.59 Å². The molecule has 1 aromatic carbocycles. The lowest BCUT2D eigenvalue weighted by Gasteiger charge is -2.34. The third kappa shape index (κ3) is 4.19. The molecule has 0 aliphatic carbocycles. The summed E-state index contributed by atoms with van der Waals surface area (Å²) in [5, 5.41) is 9.04. The maximum atomic E-state index is 12.7. The summed E-state index contributed by atoms with van der Waals surface area (Å²) < 4.78 is 0.477. The SMILES string of the molecule is O=C(O)CC1CSCCN1C(=O)c1ccc(C2SCCS2)cc1. The number of carboxylic acid groups (broad SMARTS) is 1. The Hall–Kier alpha value is -0.790. The van der Waals surface area contributed by atoms with E-state index in [1.54, 1.807) is 16.7 Å². The minimum Gasteiger partial charge on any atom is -0.481 e. The molecule has 1 aromatic rings. The van der Waals surface area contributed by atoms with Crippen LogP contribution in [-0.4, -0.2) is 57.5 Å². The van der Waals surface area contributed by atoms with Gasteiger partial charge in [-0.2, -0.15) is 11.8 Å². The van der Waals surface area contributed by atoms with Crippen molar-refractivity contribution < 1.29 is 14.7 Å². The molecule has 1 unspecified atom stereocenters. The maximum absolute atomic E-state index is 12.7. The van der Waals surface area contributed by atoms with Gasteiger partial charge >= 0.3 is 5.97 Å². The highest BCUT2D eigenvalue weighted by Gasteiger charge is 2.29. The molecule has 1 amide bonds. The molecule has 7 heteroatoms. The average molecular weight is 370 g/mol. The third-order valence-electron chi connectivity index (χ3n) is 3.95. The standard InChI is InChI=1S/C16H19NO3S3/c18-14(19)9-13-10-21-6-5-17(13)15(20)11-1-3-12(4-2-11)16-22-7-8-23-16/h1-4,13,16H,5-10H2,(H,18,19). The molecule has 0 radical (unpaired) electrons. The fourth-order valence-electron chi connectivity index (χ4n) is 2.79. The van der Waals surface area contributed by atoms with E-state index >= 15 is 0 Å². The number of aliphatic carboxylic acids is 1. The number of amides is 1. The number of hydrogen-bond donors (Lipinski definition) is 1. The van der Waals surface area contributed by atoms with E-state index < -0.39 is 5.97 Å². The second-order valence-corrected chi connectivity index (χ2v) is 9.39. The van der Waals surface area contributed by atoms with Crippen LogP contribution < -0.4 is 0 Å². The summed E-state index contributed by atoms with van der Waals surface area (Å²) in [6.45, 7) is 0.623. The van der Waals surface area contributed by atoms with Crippen molar-refractivity contribution >= 4 is 47.2 Å². The van der Waals surface area contributed by atoms with Crippen LogP contribution in [0, 0.1) is 0 Å². The Balaban J connectivity index is 1.71. The number of hydrogen-bond acceptors (Lipinski definition) is 5. The average Bonchev–Trinajstić information content (AvgIpc) is 3.09. The second-order valence-electron chi connectivity index (χ2n) is 5.52. The molecule has 124 valence electrons. The molecular weight excluding hydrogens is 350 g/mol. The predicted octanol–water partition coefficient (Wildman–Crippen LogP) is 3.20. The topological polar surface area (TPSA) is 57.6 Å². The van der Waals surface area contributed by atoms with Gasteiger partial charge in [-0.1, -0.05) is 12.1 Å². The molecule has 0 aromatic heterocycles. The highest BCUT2D eigenvalue weighted by atomic mass is 32.2. The number of benzene rings is 1. The van der Waals surface area contributed by atoms with Gasteiger partial charge in [-0.25, -0.2) is 0 Å². The van der Waals surface area contributed by atoms with Crippen LogP contribution in [0.4, 0.5) is 0 Å². The number of carbonyl (C=O) groups is 2. The Labute approximate surface area is 148 Å². The van der Waals surface area contributed by atoms with E-state index in [2.05, 4.69) is 0 Å². The fraction of sp³-hybridized carbons (Fsp3) is 0.500. The van der Waals surface area contributed by atoms with Gasteiger partial charge in [-0.15, -0.1) is 23.5 Å². The van der Waals surface area contributed by atoms with Crippen LogP contribution in [0.2, 0.25) is 0 Å². The van der Waals surface area contributed by atoms with Gasteiger partial charge in [-0.05, 0) is 17.7 Å². The molecule has 0 bridgehead atoms. The van der Waals surface area contributed by atoms with Crippen molar-refractivity contribution in [3.8, 4) is 0 Å². The van der Waals surface area contributed by atoms with Crippen molar-refractivity contribution in [2.24, 2.45) is 0 Å². The molecule has 2 fully saturated rings. The molecule has 2 aliphatic rings. The molecule has 0 spiro atoms. The molecule has 3 rings (SSSR count). The zero-order valence-corrected chi connectivity index (χ0v) is 15.1. The summed E-state index contributed by atoms with van der Waals surface area (Å²) >= 11 is 5.61. The minimum atomic E-state index is -0.846. The van der Waals surface area contributed by atoms with Gasteiger partial charge in [0.25, 0.3) is 5.91 Å². The monoisotopic (exact) mass is 369 g/mol. The molecular formula is C16H19NO3S3. The minimum absolute atomic E-state index is 0.0200. The molecule has 2 saturated heterocycles. The summed E-state index contributed by atoms with van der Waals surface area (Å²) in [6.07, 6.45) is 0.0200. The summed E-state index contributed by atoms with van der Waals surface area (Å²) in [4.78, 5) is 25.5. The van der Waals surface area contributed by atoms with Crippen LogP contribution in [0.3, 0.4) is 0 Å². The van der Waals surface area contributed by atoms with Crippen LogP contribution in [0.5, 0.6) is 0 Å². The van der Waals surface area contributed by atoms with Gasteiger partial charge in [0.2, 0.25) is 0 Å². The third-order valence-corrected chi connectivity index (χ3v) is 8.15. The summed E-state index contributed by atoms with van der Waals surface area (Å²) in [6, 6.07) is 7.63. The first-order chi connectivity index (χ1) is 11.1. The van der Waals surface area contributed by atoms with Gasteiger partial charge in [-0.3, -0.25) is 9.59 Å². The van der Waals surface area contributed by atoms with E-state index in [1.165, 1.54) is 17.1 Å². The largest absolute Gasteiger partial charge is 0.481 e. The zero-order valence-electron chi connectivity index (χ0n) is 12.6. The smallest absolute Gasteiger partial charge is 0.305 e. The van der Waals surface area contributed by atoms with Crippen molar-refractivity contribution in [3.63, 3.8) is 0 Å². The maximum Gasteiger partial charge on any atom is 0.305 e. The zero-order chi connectivity index (χ0) is 16.2. The van der Waals surface area contributed by atoms with Crippen LogP contribution in [0.25, 0.3) is 0 Å². The van der Waals surface area contributed by atoms with E-state index in [-0.39, 0.29) is 18.4 Å². The normalized spacial score (nSPS) is 22.3. The van der Waals surface area contributed by atoms with E-state index in [1.807, 2.05) is 47.8 Å². The van der Waals surface area contributed by atoms with Crippen molar-refractivity contribution in [2.45, 2.75) is 17.0 Å². The number of carboxylic acids is 1. The molecule has 2 heterocycles. The Bertz CT molecular complexity index is 572. The van der Waals surface area contributed by atoms with Gasteiger partial charge in [0.15, 0.2) is 0 Å². The highest BCUT2D eigenvalue weighted by Crippen LogP contribution is 2.45. The van der Waals surface area contributed by atoms with Crippen molar-refractivity contribution in [3.05, 3.63) is 35.4 Å². The first-order valence-corrected chi connectivity index (χ1v) is 10.8. The van der Waals surface area contributed by atoms with E-state index in [0.717, 1.165) is 5.75 Å². The molecule has 1 N–H and O–H groups in total. The van der Waals surface area contributed by atoms with Gasteiger partial charge in [0.05, 0.1) is 17.0 Å². The van der Waals surface area contributed by atoms with Crippen LogP contribution in [-0.2, 0) is 4.79 Å². The highest BCUT2D eigenvalue weighted by molar-refractivity contribution is 8.19. The molecule has 1 atom stereocenters. The van der Waals surface area contributed by atoms with Crippen molar-refractivity contribution in [2.75, 3.05) is 29.6 Å². The Morgan fingerprint density at radius 1 is 1.13 bits per heavy atom. The van der Waals surface area contributed by atoms with E-state index in [4.69, 9.17) is 5.11 Å². The second kappa shape index (κ2) is 7.85. The predicted molar refractivity (Wildman–Crippen MR) is 98.5 cm³/mol. The number of rotatable bonds is 4. The van der Waals surface area contributed by atoms with E-state index in [0.29, 0.717) is 22.4 Å². The van der Waals surface area contributed by atoms with Crippen LogP contribution in [0.1, 0.15) is 26.9 Å². The first kappa shape index (κ1) is 17.0. The molecule has 2 aliphatic heterocycles. The summed E-state index contributed by atoms with van der Waals surface area (Å²) in [5.41, 5.74) is 1.91. The fourth-order valence-corrected chi connectivity index (χ4v) is 6.71. The van der Waals surface area contributed by atoms with Crippen LogP contribution in [0.15, 0.2) is 24.3 Å². The summed E-state index contributed by atoms with van der Waals surface area (Å²) in [5.74, 6) is 3.04. The molecule has 0 saturated carbocycles. The lowest BCUT2D eigenvalue weighted by molar-refractivity contribution is -0.138. The number of thioether (sulfide) groups is 3. The quantitative estimate of drug-likeness (QED) is 0.880. The molecule has 4 nitrogen and oxygen atoms in total. The Morgan fingerprint density at radius 2 is 1.83 bits per heavy atom. The molecule has 23 heavy (non-hydrogen) atoms.